The Kier molecular flexibility index (Phi) is 4.51. The maximum Gasteiger partial charge on any atom is 0.389 e. The van der Waals surface area contributed by atoms with E-state index < -0.39 is 30.6 Å². The van der Waals surface area contributed by atoms with Crippen LogP contribution in [0.4, 0.5) is 17.6 Å². The quantitative estimate of drug-likeness (QED) is 0.756. The van der Waals surface area contributed by atoms with Gasteiger partial charge in [-0.3, -0.25) is 4.79 Å². The molecule has 0 saturated carbocycles. The van der Waals surface area contributed by atoms with Crippen LogP contribution in [0.15, 0.2) is 18.2 Å². The zero-order chi connectivity index (χ0) is 13.1. The molecular weight excluding hydrogens is 260 g/mol. The lowest BCUT2D eigenvalue weighted by molar-refractivity contribution is -0.143. The number of halogens is 5. The molecule has 0 aliphatic heterocycles. The van der Waals surface area contributed by atoms with E-state index in [1.54, 1.807) is 0 Å². The Morgan fingerprint density at radius 3 is 2.47 bits per heavy atom. The molecule has 0 amide bonds. The Hall–Kier alpha value is -1.10. The number of rotatable bonds is 4. The van der Waals surface area contributed by atoms with Crippen molar-refractivity contribution in [2.45, 2.75) is 25.4 Å². The Morgan fingerprint density at radius 2 is 1.94 bits per heavy atom. The third kappa shape index (κ3) is 5.17. The Bertz CT molecular complexity index is 414. The minimum Gasteiger partial charge on any atom is -0.299 e. The van der Waals surface area contributed by atoms with Crippen molar-refractivity contribution in [1.29, 1.82) is 0 Å². The van der Waals surface area contributed by atoms with Crippen LogP contribution in [0.2, 0.25) is 5.02 Å². The van der Waals surface area contributed by atoms with Gasteiger partial charge in [-0.2, -0.15) is 13.2 Å². The van der Waals surface area contributed by atoms with Gasteiger partial charge in [0.15, 0.2) is 0 Å². The van der Waals surface area contributed by atoms with Crippen LogP contribution in [0.3, 0.4) is 0 Å². The third-order valence-electron chi connectivity index (χ3n) is 2.07. The molecule has 0 radical (unpaired) electrons. The molecule has 0 aromatic heterocycles. The van der Waals surface area contributed by atoms with Crippen molar-refractivity contribution < 1.29 is 22.4 Å². The first kappa shape index (κ1) is 14.0. The van der Waals surface area contributed by atoms with Gasteiger partial charge >= 0.3 is 6.18 Å². The van der Waals surface area contributed by atoms with Gasteiger partial charge in [0.2, 0.25) is 0 Å². The smallest absolute Gasteiger partial charge is 0.299 e. The summed E-state index contributed by atoms with van der Waals surface area (Å²) in [5.74, 6) is -1.27. The van der Waals surface area contributed by atoms with Gasteiger partial charge in [0.25, 0.3) is 0 Å². The maximum atomic E-state index is 13.0. The normalized spacial score (nSPS) is 11.6. The molecule has 0 atom stereocenters. The van der Waals surface area contributed by atoms with Gasteiger partial charge in [-0.05, 0) is 17.7 Å². The summed E-state index contributed by atoms with van der Waals surface area (Å²) < 4.78 is 48.5. The highest BCUT2D eigenvalue weighted by Gasteiger charge is 2.27. The molecule has 0 aliphatic carbocycles. The molecule has 1 rings (SSSR count). The number of carbonyl (C=O) groups excluding carboxylic acids is 1. The number of hydrogen-bond donors (Lipinski definition) is 0. The van der Waals surface area contributed by atoms with E-state index in [0.717, 1.165) is 6.07 Å². The predicted octanol–water partition coefficient (Wildman–Crippen LogP) is 3.93. The van der Waals surface area contributed by atoms with E-state index in [1.807, 2.05) is 0 Å². The first-order valence-corrected chi connectivity index (χ1v) is 5.18. The summed E-state index contributed by atoms with van der Waals surface area (Å²) in [7, 11) is 0. The Morgan fingerprint density at radius 1 is 1.29 bits per heavy atom. The number of alkyl halides is 3. The number of ketones is 1. The van der Waals surface area contributed by atoms with Crippen LogP contribution < -0.4 is 0 Å². The largest absolute Gasteiger partial charge is 0.389 e. The van der Waals surface area contributed by atoms with E-state index in [2.05, 4.69) is 0 Å². The summed E-state index contributed by atoms with van der Waals surface area (Å²) in [6.45, 7) is 0. The summed E-state index contributed by atoms with van der Waals surface area (Å²) in [5.41, 5.74) is 0.319. The van der Waals surface area contributed by atoms with Crippen molar-refractivity contribution in [3.63, 3.8) is 0 Å². The molecule has 0 spiro atoms. The summed E-state index contributed by atoms with van der Waals surface area (Å²) >= 11 is 5.43. The van der Waals surface area contributed by atoms with Gasteiger partial charge in [-0.25, -0.2) is 4.39 Å². The fraction of sp³-hybridized carbons (Fsp3) is 0.364. The van der Waals surface area contributed by atoms with E-state index in [9.17, 15) is 22.4 Å². The van der Waals surface area contributed by atoms with Gasteiger partial charge < -0.3 is 0 Å². The standard InChI is InChI=1S/C11H9ClF4O/c12-9-2-1-7(6-10(9)13)5-8(17)3-4-11(14,15)16/h1-2,6H,3-5H2. The zero-order valence-corrected chi connectivity index (χ0v) is 9.41. The van der Waals surface area contributed by atoms with Gasteiger partial charge in [-0.1, -0.05) is 17.7 Å². The van der Waals surface area contributed by atoms with E-state index in [1.165, 1.54) is 12.1 Å². The number of benzene rings is 1. The third-order valence-corrected chi connectivity index (χ3v) is 2.38. The lowest BCUT2D eigenvalue weighted by atomic mass is 10.1. The predicted molar refractivity (Wildman–Crippen MR) is 55.4 cm³/mol. The first-order valence-electron chi connectivity index (χ1n) is 4.80. The number of carbonyl (C=O) groups is 1. The molecule has 0 fully saturated rings. The molecular formula is C11H9ClF4O. The molecule has 6 heteroatoms. The van der Waals surface area contributed by atoms with E-state index in [4.69, 9.17) is 11.6 Å². The highest BCUT2D eigenvalue weighted by Crippen LogP contribution is 2.22. The lowest BCUT2D eigenvalue weighted by Gasteiger charge is -2.05. The second-order valence-corrected chi connectivity index (χ2v) is 3.99. The molecule has 0 saturated heterocycles. The van der Waals surface area contributed by atoms with Crippen LogP contribution in [0.1, 0.15) is 18.4 Å². The van der Waals surface area contributed by atoms with Gasteiger partial charge in [0, 0.05) is 12.8 Å². The van der Waals surface area contributed by atoms with E-state index in [0.29, 0.717) is 5.56 Å². The summed E-state index contributed by atoms with van der Waals surface area (Å²) in [6, 6.07) is 3.73. The molecule has 0 bridgehead atoms. The van der Waals surface area contributed by atoms with Gasteiger partial charge in [-0.15, -0.1) is 0 Å². The lowest BCUT2D eigenvalue weighted by Crippen LogP contribution is -2.12. The van der Waals surface area contributed by atoms with Crippen LogP contribution in [0.5, 0.6) is 0 Å². The summed E-state index contributed by atoms with van der Waals surface area (Å²) in [5, 5.41) is -0.0866. The van der Waals surface area contributed by atoms with Crippen LogP contribution in [-0.4, -0.2) is 12.0 Å². The first-order chi connectivity index (χ1) is 7.78. The van der Waals surface area contributed by atoms with Crippen LogP contribution >= 0.6 is 11.6 Å². The minimum absolute atomic E-state index is 0.0866. The summed E-state index contributed by atoms with van der Waals surface area (Å²) in [6.07, 6.45) is -6.30. The number of Topliss-reactive ketones (excluding diaryl/α,β-unsaturated/α-hetero) is 1. The average molecular weight is 269 g/mol. The van der Waals surface area contributed by atoms with E-state index in [-0.39, 0.29) is 11.4 Å². The topological polar surface area (TPSA) is 17.1 Å². The van der Waals surface area contributed by atoms with E-state index >= 15 is 0 Å². The highest BCUT2D eigenvalue weighted by atomic mass is 35.5. The Balaban J connectivity index is 2.54. The molecule has 1 nitrogen and oxygen atoms in total. The fourth-order valence-electron chi connectivity index (χ4n) is 1.25. The fourth-order valence-corrected chi connectivity index (χ4v) is 1.36. The molecule has 1 aromatic rings. The molecule has 0 aliphatic rings. The number of hydrogen-bond acceptors (Lipinski definition) is 1. The molecule has 0 unspecified atom stereocenters. The monoisotopic (exact) mass is 268 g/mol. The van der Waals surface area contributed by atoms with Crippen LogP contribution in [0, 0.1) is 5.82 Å². The molecule has 1 aromatic carbocycles. The maximum absolute atomic E-state index is 13.0. The van der Waals surface area contributed by atoms with Crippen LogP contribution in [-0.2, 0) is 11.2 Å². The molecule has 17 heavy (non-hydrogen) atoms. The van der Waals surface area contributed by atoms with Crippen molar-refractivity contribution >= 4 is 17.4 Å². The molecule has 0 N–H and O–H groups in total. The minimum atomic E-state index is -4.35. The second kappa shape index (κ2) is 5.49. The second-order valence-electron chi connectivity index (χ2n) is 3.58. The van der Waals surface area contributed by atoms with Crippen molar-refractivity contribution in [3.05, 3.63) is 34.6 Å². The Labute approximate surface area is 100 Å². The van der Waals surface area contributed by atoms with Crippen LogP contribution in [0.25, 0.3) is 0 Å². The van der Waals surface area contributed by atoms with Gasteiger partial charge in [0.05, 0.1) is 11.4 Å². The van der Waals surface area contributed by atoms with Crippen molar-refractivity contribution in [2.75, 3.05) is 0 Å². The van der Waals surface area contributed by atoms with Crippen molar-refractivity contribution in [1.82, 2.24) is 0 Å². The molecule has 0 heterocycles. The van der Waals surface area contributed by atoms with Gasteiger partial charge in [0.1, 0.15) is 11.6 Å². The summed E-state index contributed by atoms with van der Waals surface area (Å²) in [4.78, 5) is 11.2. The zero-order valence-electron chi connectivity index (χ0n) is 8.65. The van der Waals surface area contributed by atoms with Crippen molar-refractivity contribution in [2.24, 2.45) is 0 Å². The van der Waals surface area contributed by atoms with Crippen molar-refractivity contribution in [3.8, 4) is 0 Å². The molecule has 94 valence electrons. The highest BCUT2D eigenvalue weighted by molar-refractivity contribution is 6.30. The SMILES string of the molecule is O=C(CCC(F)(F)F)Cc1ccc(Cl)c(F)c1. The average Bonchev–Trinajstić information content (AvgIpc) is 2.20.